The number of para-hydroxylation sites is 1. The standard InChI is InChI=1S/C14H15NO3S/c1-10-14(19-9-15-10)13(16)11-5-3-4-6-12(11)18-8-7-17-2/h3-6,9H,7-8H2,1-2H3. The van der Waals surface area contributed by atoms with Crippen LogP contribution in [0.15, 0.2) is 29.8 Å². The molecule has 19 heavy (non-hydrogen) atoms. The van der Waals surface area contributed by atoms with Gasteiger partial charge in [0.05, 0.1) is 28.3 Å². The zero-order valence-corrected chi connectivity index (χ0v) is 11.7. The number of benzene rings is 1. The molecule has 0 spiro atoms. The SMILES string of the molecule is COCCOc1ccccc1C(=O)c1scnc1C. The second kappa shape index (κ2) is 6.45. The Kier molecular flexibility index (Phi) is 4.65. The van der Waals surface area contributed by atoms with Crippen molar-refractivity contribution in [2.24, 2.45) is 0 Å². The maximum atomic E-state index is 12.4. The van der Waals surface area contributed by atoms with Crippen LogP contribution in [0.3, 0.4) is 0 Å². The molecule has 100 valence electrons. The van der Waals surface area contributed by atoms with Crippen molar-refractivity contribution in [3.05, 3.63) is 45.9 Å². The van der Waals surface area contributed by atoms with E-state index in [0.717, 1.165) is 5.69 Å². The summed E-state index contributed by atoms with van der Waals surface area (Å²) in [6.45, 7) is 2.74. The van der Waals surface area contributed by atoms with E-state index in [4.69, 9.17) is 9.47 Å². The highest BCUT2D eigenvalue weighted by molar-refractivity contribution is 7.12. The largest absolute Gasteiger partial charge is 0.490 e. The summed E-state index contributed by atoms with van der Waals surface area (Å²) < 4.78 is 10.5. The number of aromatic nitrogens is 1. The topological polar surface area (TPSA) is 48.4 Å². The number of ether oxygens (including phenoxy) is 2. The third kappa shape index (κ3) is 3.19. The number of ketones is 1. The molecule has 0 N–H and O–H groups in total. The molecule has 4 nitrogen and oxygen atoms in total. The van der Waals surface area contributed by atoms with Crippen LogP contribution in [0, 0.1) is 6.92 Å². The minimum atomic E-state index is -0.0481. The Morgan fingerprint density at radius 3 is 2.79 bits per heavy atom. The summed E-state index contributed by atoms with van der Waals surface area (Å²) in [5, 5.41) is 0. The molecule has 0 saturated carbocycles. The van der Waals surface area contributed by atoms with Crippen LogP contribution in [0.5, 0.6) is 5.75 Å². The first-order valence-corrected chi connectivity index (χ1v) is 6.77. The van der Waals surface area contributed by atoms with E-state index in [9.17, 15) is 4.79 Å². The number of aryl methyl sites for hydroxylation is 1. The Hall–Kier alpha value is -1.72. The van der Waals surface area contributed by atoms with Gasteiger partial charge in [0.1, 0.15) is 12.4 Å². The van der Waals surface area contributed by atoms with E-state index in [1.54, 1.807) is 24.8 Å². The lowest BCUT2D eigenvalue weighted by Crippen LogP contribution is -2.09. The molecule has 1 aromatic heterocycles. The molecular weight excluding hydrogens is 262 g/mol. The van der Waals surface area contributed by atoms with Crippen molar-refractivity contribution < 1.29 is 14.3 Å². The number of hydrogen-bond acceptors (Lipinski definition) is 5. The molecule has 5 heteroatoms. The number of carbonyl (C=O) groups is 1. The van der Waals surface area contributed by atoms with Gasteiger partial charge in [-0.15, -0.1) is 11.3 Å². The molecule has 0 aliphatic heterocycles. The van der Waals surface area contributed by atoms with Crippen molar-refractivity contribution in [1.82, 2.24) is 4.98 Å². The molecule has 1 heterocycles. The van der Waals surface area contributed by atoms with Crippen LogP contribution >= 0.6 is 11.3 Å². The lowest BCUT2D eigenvalue weighted by Gasteiger charge is -2.09. The molecule has 1 aromatic carbocycles. The predicted octanol–water partition coefficient (Wildman–Crippen LogP) is 2.71. The molecule has 0 fully saturated rings. The van der Waals surface area contributed by atoms with E-state index in [0.29, 0.717) is 29.4 Å². The van der Waals surface area contributed by atoms with Crippen LogP contribution in [0.4, 0.5) is 0 Å². The van der Waals surface area contributed by atoms with Gasteiger partial charge in [0.2, 0.25) is 5.78 Å². The summed E-state index contributed by atoms with van der Waals surface area (Å²) in [4.78, 5) is 17.2. The molecule has 0 aliphatic rings. The second-order valence-electron chi connectivity index (χ2n) is 3.93. The van der Waals surface area contributed by atoms with E-state index in [-0.39, 0.29) is 5.78 Å². The van der Waals surface area contributed by atoms with Crippen molar-refractivity contribution >= 4 is 17.1 Å². The van der Waals surface area contributed by atoms with Crippen LogP contribution < -0.4 is 4.74 Å². The zero-order valence-electron chi connectivity index (χ0n) is 10.9. The molecule has 0 atom stereocenters. The van der Waals surface area contributed by atoms with Crippen molar-refractivity contribution in [3.8, 4) is 5.75 Å². The van der Waals surface area contributed by atoms with Crippen LogP contribution in [-0.2, 0) is 4.74 Å². The molecule has 0 saturated heterocycles. The molecule has 0 aliphatic carbocycles. The summed E-state index contributed by atoms with van der Waals surface area (Å²) in [5.74, 6) is 0.533. The molecular formula is C14H15NO3S. The summed E-state index contributed by atoms with van der Waals surface area (Å²) in [6.07, 6.45) is 0. The smallest absolute Gasteiger partial charge is 0.208 e. The number of hydrogen-bond donors (Lipinski definition) is 0. The number of carbonyl (C=O) groups excluding carboxylic acids is 1. The first kappa shape index (κ1) is 13.7. The van der Waals surface area contributed by atoms with Crippen LogP contribution in [0.25, 0.3) is 0 Å². The van der Waals surface area contributed by atoms with Gasteiger partial charge in [-0.05, 0) is 19.1 Å². The van der Waals surface area contributed by atoms with Crippen molar-refractivity contribution in [2.45, 2.75) is 6.92 Å². The number of nitrogens with zero attached hydrogens (tertiary/aromatic N) is 1. The Balaban J connectivity index is 2.24. The van der Waals surface area contributed by atoms with Gasteiger partial charge < -0.3 is 9.47 Å². The van der Waals surface area contributed by atoms with Gasteiger partial charge in [-0.1, -0.05) is 12.1 Å². The van der Waals surface area contributed by atoms with E-state index in [1.807, 2.05) is 19.1 Å². The van der Waals surface area contributed by atoms with Crippen molar-refractivity contribution in [2.75, 3.05) is 20.3 Å². The minimum Gasteiger partial charge on any atom is -0.490 e. The first-order valence-electron chi connectivity index (χ1n) is 5.89. The zero-order chi connectivity index (χ0) is 13.7. The van der Waals surface area contributed by atoms with E-state index in [1.165, 1.54) is 11.3 Å². The van der Waals surface area contributed by atoms with Crippen molar-refractivity contribution in [3.63, 3.8) is 0 Å². The van der Waals surface area contributed by atoms with Gasteiger partial charge in [-0.3, -0.25) is 4.79 Å². The highest BCUT2D eigenvalue weighted by Crippen LogP contribution is 2.24. The third-order valence-electron chi connectivity index (χ3n) is 2.63. The van der Waals surface area contributed by atoms with Crippen LogP contribution in [0.1, 0.15) is 20.9 Å². The van der Waals surface area contributed by atoms with E-state index in [2.05, 4.69) is 4.98 Å². The van der Waals surface area contributed by atoms with Gasteiger partial charge in [0.25, 0.3) is 0 Å². The Morgan fingerprint density at radius 1 is 1.32 bits per heavy atom. The monoisotopic (exact) mass is 277 g/mol. The first-order chi connectivity index (χ1) is 9.24. The fourth-order valence-electron chi connectivity index (χ4n) is 1.66. The Labute approximate surface area is 116 Å². The third-order valence-corrected chi connectivity index (χ3v) is 3.56. The van der Waals surface area contributed by atoms with Crippen LogP contribution in [0.2, 0.25) is 0 Å². The fourth-order valence-corrected chi connectivity index (χ4v) is 2.41. The maximum Gasteiger partial charge on any atom is 0.208 e. The summed E-state index contributed by atoms with van der Waals surface area (Å²) >= 11 is 1.35. The normalized spacial score (nSPS) is 10.4. The number of thiazole rings is 1. The van der Waals surface area contributed by atoms with Gasteiger partial charge in [0, 0.05) is 7.11 Å². The number of methoxy groups -OCH3 is 1. The molecule has 0 unspecified atom stereocenters. The molecule has 0 bridgehead atoms. The molecule has 2 rings (SSSR count). The molecule has 0 radical (unpaired) electrons. The van der Waals surface area contributed by atoms with Gasteiger partial charge in [-0.2, -0.15) is 0 Å². The second-order valence-corrected chi connectivity index (χ2v) is 4.79. The van der Waals surface area contributed by atoms with Crippen LogP contribution in [-0.4, -0.2) is 31.1 Å². The Morgan fingerprint density at radius 2 is 2.11 bits per heavy atom. The quantitative estimate of drug-likeness (QED) is 0.601. The van der Waals surface area contributed by atoms with E-state index >= 15 is 0 Å². The van der Waals surface area contributed by atoms with Gasteiger partial charge >= 0.3 is 0 Å². The summed E-state index contributed by atoms with van der Waals surface area (Å²) in [7, 11) is 1.61. The highest BCUT2D eigenvalue weighted by Gasteiger charge is 2.18. The average Bonchev–Trinajstić information content (AvgIpc) is 2.85. The highest BCUT2D eigenvalue weighted by atomic mass is 32.1. The van der Waals surface area contributed by atoms with E-state index < -0.39 is 0 Å². The molecule has 2 aromatic rings. The average molecular weight is 277 g/mol. The Bertz CT molecular complexity index is 565. The lowest BCUT2D eigenvalue weighted by molar-refractivity contribution is 0.103. The summed E-state index contributed by atoms with van der Waals surface area (Å²) in [5.41, 5.74) is 2.99. The minimum absolute atomic E-state index is 0.0481. The predicted molar refractivity (Wildman–Crippen MR) is 74.1 cm³/mol. The van der Waals surface area contributed by atoms with Gasteiger partial charge in [-0.25, -0.2) is 4.98 Å². The number of rotatable bonds is 6. The maximum absolute atomic E-state index is 12.4. The fraction of sp³-hybridized carbons (Fsp3) is 0.286. The van der Waals surface area contributed by atoms with Gasteiger partial charge in [0.15, 0.2) is 0 Å². The summed E-state index contributed by atoms with van der Waals surface area (Å²) in [6, 6.07) is 7.23. The van der Waals surface area contributed by atoms with Crippen molar-refractivity contribution in [1.29, 1.82) is 0 Å². The lowest BCUT2D eigenvalue weighted by atomic mass is 10.1. The molecule has 0 amide bonds.